The first-order valence-corrected chi connectivity index (χ1v) is 7.90. The van der Waals surface area contributed by atoms with Gasteiger partial charge in [-0.3, -0.25) is 4.79 Å². The second-order valence-electron chi connectivity index (χ2n) is 5.11. The number of thioether (sulfide) groups is 1. The summed E-state index contributed by atoms with van der Waals surface area (Å²) in [4.78, 5) is 15.5. The van der Waals surface area contributed by atoms with Gasteiger partial charge in [0.1, 0.15) is 0 Å². The van der Waals surface area contributed by atoms with Crippen LogP contribution in [0, 0.1) is 5.92 Å². The van der Waals surface area contributed by atoms with E-state index in [9.17, 15) is 4.79 Å². The van der Waals surface area contributed by atoms with Crippen molar-refractivity contribution in [3.63, 3.8) is 0 Å². The van der Waals surface area contributed by atoms with E-state index in [1.54, 1.807) is 0 Å². The number of amides is 1. The summed E-state index contributed by atoms with van der Waals surface area (Å²) in [5, 5.41) is 3.01. The van der Waals surface area contributed by atoms with Crippen LogP contribution in [0.15, 0.2) is 29.2 Å². The first-order valence-electron chi connectivity index (χ1n) is 6.91. The molecule has 104 valence electrons. The van der Waals surface area contributed by atoms with E-state index in [1.165, 1.54) is 11.3 Å². The van der Waals surface area contributed by atoms with Crippen LogP contribution in [0.5, 0.6) is 0 Å². The molecule has 0 spiro atoms. The van der Waals surface area contributed by atoms with Crippen molar-refractivity contribution in [2.75, 3.05) is 31.2 Å². The van der Waals surface area contributed by atoms with E-state index in [2.05, 4.69) is 36.3 Å². The summed E-state index contributed by atoms with van der Waals surface area (Å²) in [5.41, 5.74) is 0.903. The number of carbonyl (C=O) groups excluding carboxylic acids is 1. The van der Waals surface area contributed by atoms with E-state index >= 15 is 0 Å². The maximum absolute atomic E-state index is 12.1. The molecule has 19 heavy (non-hydrogen) atoms. The van der Waals surface area contributed by atoms with E-state index in [-0.39, 0.29) is 11.8 Å². The largest absolute Gasteiger partial charge is 0.326 e. The van der Waals surface area contributed by atoms with Crippen molar-refractivity contribution in [3.05, 3.63) is 24.3 Å². The molecule has 0 bridgehead atoms. The number of nitrogens with zero attached hydrogens (tertiary/aromatic N) is 1. The first kappa shape index (κ1) is 14.4. The third kappa shape index (κ3) is 4.25. The van der Waals surface area contributed by atoms with Crippen molar-refractivity contribution in [1.29, 1.82) is 0 Å². The van der Waals surface area contributed by atoms with Crippen molar-refractivity contribution in [3.8, 4) is 0 Å². The highest BCUT2D eigenvalue weighted by molar-refractivity contribution is 7.99. The molecule has 1 saturated heterocycles. The maximum atomic E-state index is 12.1. The molecule has 1 heterocycles. The number of carbonyl (C=O) groups is 1. The van der Waals surface area contributed by atoms with Gasteiger partial charge in [-0.25, -0.2) is 0 Å². The lowest BCUT2D eigenvalue weighted by Gasteiger charge is -2.11. The molecule has 2 rings (SSSR count). The van der Waals surface area contributed by atoms with Crippen LogP contribution >= 0.6 is 11.8 Å². The molecule has 0 radical (unpaired) electrons. The van der Waals surface area contributed by atoms with Crippen LogP contribution in [-0.2, 0) is 4.79 Å². The van der Waals surface area contributed by atoms with Gasteiger partial charge in [0, 0.05) is 17.1 Å². The number of likely N-dealkylation sites (tertiary alicyclic amines) is 1. The van der Waals surface area contributed by atoms with Gasteiger partial charge in [-0.1, -0.05) is 6.92 Å². The lowest BCUT2D eigenvalue weighted by molar-refractivity contribution is -0.119. The van der Waals surface area contributed by atoms with Crippen molar-refractivity contribution in [2.24, 2.45) is 5.92 Å². The SMILES string of the molecule is CCCSc1ccc(NC(=O)C2CCN(C)C2)cc1. The molecule has 1 N–H and O–H groups in total. The van der Waals surface area contributed by atoms with Crippen LogP contribution < -0.4 is 5.32 Å². The fourth-order valence-electron chi connectivity index (χ4n) is 2.25. The van der Waals surface area contributed by atoms with Gasteiger partial charge in [-0.2, -0.15) is 0 Å². The van der Waals surface area contributed by atoms with Crippen LogP contribution in [0.3, 0.4) is 0 Å². The standard InChI is InChI=1S/C15H22N2OS/c1-3-10-19-14-6-4-13(5-7-14)16-15(18)12-8-9-17(2)11-12/h4-7,12H,3,8-11H2,1-2H3,(H,16,18). The number of benzene rings is 1. The number of rotatable bonds is 5. The molecule has 4 heteroatoms. The number of hydrogen-bond donors (Lipinski definition) is 1. The Balaban J connectivity index is 1.87. The van der Waals surface area contributed by atoms with Gasteiger partial charge in [0.05, 0.1) is 5.92 Å². The Bertz CT molecular complexity index is 419. The van der Waals surface area contributed by atoms with Gasteiger partial charge < -0.3 is 10.2 Å². The summed E-state index contributed by atoms with van der Waals surface area (Å²) >= 11 is 1.85. The van der Waals surface area contributed by atoms with Crippen molar-refractivity contribution in [1.82, 2.24) is 4.90 Å². The zero-order chi connectivity index (χ0) is 13.7. The molecular weight excluding hydrogens is 256 g/mol. The van der Waals surface area contributed by atoms with Crippen LogP contribution in [0.25, 0.3) is 0 Å². The zero-order valence-electron chi connectivity index (χ0n) is 11.7. The predicted molar refractivity (Wildman–Crippen MR) is 81.7 cm³/mol. The topological polar surface area (TPSA) is 32.3 Å². The Labute approximate surface area is 119 Å². The molecule has 1 unspecified atom stereocenters. The normalized spacial score (nSPS) is 19.6. The molecule has 0 aromatic heterocycles. The zero-order valence-corrected chi connectivity index (χ0v) is 12.5. The lowest BCUT2D eigenvalue weighted by Crippen LogP contribution is -2.25. The van der Waals surface area contributed by atoms with Crippen LogP contribution in [-0.4, -0.2) is 36.7 Å². The molecule has 0 aliphatic carbocycles. The Morgan fingerprint density at radius 2 is 2.16 bits per heavy atom. The summed E-state index contributed by atoms with van der Waals surface area (Å²) in [5.74, 6) is 1.43. The second kappa shape index (κ2) is 6.96. The summed E-state index contributed by atoms with van der Waals surface area (Å²) in [7, 11) is 2.06. The van der Waals surface area contributed by atoms with E-state index in [1.807, 2.05) is 23.9 Å². The van der Waals surface area contributed by atoms with Gasteiger partial charge >= 0.3 is 0 Å². The molecule has 0 saturated carbocycles. The first-order chi connectivity index (χ1) is 9.19. The molecular formula is C15H22N2OS. The van der Waals surface area contributed by atoms with Crippen molar-refractivity contribution >= 4 is 23.4 Å². The molecule has 1 aromatic carbocycles. The molecule has 1 aliphatic heterocycles. The summed E-state index contributed by atoms with van der Waals surface area (Å²) in [6.07, 6.45) is 2.14. The van der Waals surface area contributed by atoms with Crippen LogP contribution in [0.2, 0.25) is 0 Å². The molecule has 1 fully saturated rings. The number of anilines is 1. The third-order valence-electron chi connectivity index (χ3n) is 3.36. The van der Waals surface area contributed by atoms with Crippen molar-refractivity contribution in [2.45, 2.75) is 24.7 Å². The van der Waals surface area contributed by atoms with E-state index in [4.69, 9.17) is 0 Å². The highest BCUT2D eigenvalue weighted by atomic mass is 32.2. The van der Waals surface area contributed by atoms with E-state index in [0.29, 0.717) is 0 Å². The molecule has 1 atom stereocenters. The van der Waals surface area contributed by atoms with Gasteiger partial charge in [0.2, 0.25) is 5.91 Å². The molecule has 1 aromatic rings. The average Bonchev–Trinajstić information content (AvgIpc) is 2.85. The van der Waals surface area contributed by atoms with Crippen LogP contribution in [0.4, 0.5) is 5.69 Å². The average molecular weight is 278 g/mol. The monoisotopic (exact) mass is 278 g/mol. The smallest absolute Gasteiger partial charge is 0.228 e. The minimum atomic E-state index is 0.138. The Morgan fingerprint density at radius 1 is 1.42 bits per heavy atom. The molecule has 1 aliphatic rings. The summed E-state index contributed by atoms with van der Waals surface area (Å²) < 4.78 is 0. The highest BCUT2D eigenvalue weighted by Crippen LogP contribution is 2.22. The van der Waals surface area contributed by atoms with Gasteiger partial charge in [-0.05, 0) is 56.5 Å². The third-order valence-corrected chi connectivity index (χ3v) is 4.57. The Kier molecular flexibility index (Phi) is 5.28. The summed E-state index contributed by atoms with van der Waals surface area (Å²) in [6, 6.07) is 8.15. The van der Waals surface area contributed by atoms with Gasteiger partial charge in [-0.15, -0.1) is 11.8 Å². The Morgan fingerprint density at radius 3 is 2.74 bits per heavy atom. The number of nitrogens with one attached hydrogen (secondary N) is 1. The maximum Gasteiger partial charge on any atom is 0.228 e. The second-order valence-corrected chi connectivity index (χ2v) is 6.28. The molecule has 1 amide bonds. The fourth-order valence-corrected chi connectivity index (χ4v) is 3.02. The minimum absolute atomic E-state index is 0.138. The van der Waals surface area contributed by atoms with Gasteiger partial charge in [0.15, 0.2) is 0 Å². The van der Waals surface area contributed by atoms with Crippen molar-refractivity contribution < 1.29 is 4.79 Å². The number of hydrogen-bond acceptors (Lipinski definition) is 3. The molecule has 3 nitrogen and oxygen atoms in total. The van der Waals surface area contributed by atoms with E-state index < -0.39 is 0 Å². The van der Waals surface area contributed by atoms with Crippen LogP contribution in [0.1, 0.15) is 19.8 Å². The summed E-state index contributed by atoms with van der Waals surface area (Å²) in [6.45, 7) is 4.07. The Hall–Kier alpha value is -1.00. The van der Waals surface area contributed by atoms with E-state index in [0.717, 1.165) is 31.0 Å². The lowest BCUT2D eigenvalue weighted by atomic mass is 10.1. The predicted octanol–water partition coefficient (Wildman–Crippen LogP) is 3.08. The van der Waals surface area contributed by atoms with Gasteiger partial charge in [0.25, 0.3) is 0 Å². The highest BCUT2D eigenvalue weighted by Gasteiger charge is 2.25. The quantitative estimate of drug-likeness (QED) is 0.840. The minimum Gasteiger partial charge on any atom is -0.326 e. The fraction of sp³-hybridized carbons (Fsp3) is 0.533.